The molecule has 0 saturated carbocycles. The first-order valence-corrected chi connectivity index (χ1v) is 4.67. The third-order valence-corrected chi connectivity index (χ3v) is 1.98. The van der Waals surface area contributed by atoms with Gasteiger partial charge < -0.3 is 21.9 Å². The highest BCUT2D eigenvalue weighted by Crippen LogP contribution is 2.14. The fourth-order valence-electron chi connectivity index (χ4n) is 1.14. The minimum Gasteiger partial charge on any atom is -0.508 e. The first-order valence-electron chi connectivity index (χ1n) is 4.67. The van der Waals surface area contributed by atoms with Gasteiger partial charge >= 0.3 is 0 Å². The maximum Gasteiger partial charge on any atom is 0.241 e. The number of hydrogen-bond donors (Lipinski definition) is 4. The van der Waals surface area contributed by atoms with Crippen LogP contribution < -0.4 is 16.8 Å². The number of nitrogens with one attached hydrogen (secondary N) is 1. The van der Waals surface area contributed by atoms with Gasteiger partial charge in [-0.25, -0.2) is 0 Å². The number of aromatic hydroxyl groups is 1. The van der Waals surface area contributed by atoms with Gasteiger partial charge in [-0.1, -0.05) is 12.1 Å². The van der Waals surface area contributed by atoms with E-state index < -0.39 is 6.04 Å². The lowest BCUT2D eigenvalue weighted by molar-refractivity contribution is -0.122. The normalized spacial score (nSPS) is 12.1. The predicted molar refractivity (Wildman–Crippen MR) is 57.1 cm³/mol. The molecular formula is C10H15N3O2. The van der Waals surface area contributed by atoms with Crippen molar-refractivity contribution in [3.8, 4) is 5.75 Å². The summed E-state index contributed by atoms with van der Waals surface area (Å²) < 4.78 is 0. The summed E-state index contributed by atoms with van der Waals surface area (Å²) in [5.41, 5.74) is 11.6. The molecule has 1 rings (SSSR count). The lowest BCUT2D eigenvalue weighted by atomic mass is 10.1. The van der Waals surface area contributed by atoms with Gasteiger partial charge in [0.25, 0.3) is 0 Å². The Labute approximate surface area is 88.1 Å². The molecule has 1 unspecified atom stereocenters. The van der Waals surface area contributed by atoms with E-state index >= 15 is 0 Å². The molecule has 0 spiro atoms. The minimum absolute atomic E-state index is 0.147. The molecule has 0 aromatic heterocycles. The fraction of sp³-hybridized carbons (Fsp3) is 0.300. The lowest BCUT2D eigenvalue weighted by Gasteiger charge is -2.11. The Balaban J connectivity index is 2.63. The molecule has 0 saturated heterocycles. The van der Waals surface area contributed by atoms with Gasteiger partial charge in [0.05, 0.1) is 0 Å². The molecular weight excluding hydrogens is 194 g/mol. The fourth-order valence-corrected chi connectivity index (χ4v) is 1.14. The van der Waals surface area contributed by atoms with Gasteiger partial charge in [-0.2, -0.15) is 0 Å². The number of amides is 1. The van der Waals surface area contributed by atoms with E-state index in [4.69, 9.17) is 16.6 Å². The second-order valence-corrected chi connectivity index (χ2v) is 3.15. The van der Waals surface area contributed by atoms with Gasteiger partial charge in [0.1, 0.15) is 11.8 Å². The molecule has 1 aromatic carbocycles. The number of phenols is 1. The van der Waals surface area contributed by atoms with Gasteiger partial charge in [0, 0.05) is 13.1 Å². The van der Waals surface area contributed by atoms with Crippen molar-refractivity contribution in [2.45, 2.75) is 6.04 Å². The van der Waals surface area contributed by atoms with E-state index in [2.05, 4.69) is 5.32 Å². The number of benzene rings is 1. The standard InChI is InChI=1S/C10H15N3O2/c11-5-6-13-10(15)9(12)7-1-3-8(14)4-2-7/h1-4,9,14H,5-6,11-12H2,(H,13,15). The van der Waals surface area contributed by atoms with Crippen molar-refractivity contribution in [2.24, 2.45) is 11.5 Å². The van der Waals surface area contributed by atoms with Gasteiger partial charge in [-0.05, 0) is 17.7 Å². The van der Waals surface area contributed by atoms with Gasteiger partial charge in [-0.3, -0.25) is 4.79 Å². The van der Waals surface area contributed by atoms with E-state index in [1.54, 1.807) is 12.1 Å². The number of carbonyl (C=O) groups is 1. The van der Waals surface area contributed by atoms with Crippen molar-refractivity contribution >= 4 is 5.91 Å². The van der Waals surface area contributed by atoms with Crippen molar-refractivity contribution in [1.29, 1.82) is 0 Å². The van der Waals surface area contributed by atoms with Gasteiger partial charge in [0.15, 0.2) is 0 Å². The highest BCUT2D eigenvalue weighted by atomic mass is 16.3. The first kappa shape index (κ1) is 11.5. The molecule has 0 heterocycles. The average Bonchev–Trinajstić information content (AvgIpc) is 2.26. The van der Waals surface area contributed by atoms with E-state index in [1.165, 1.54) is 12.1 Å². The van der Waals surface area contributed by atoms with Crippen molar-refractivity contribution in [1.82, 2.24) is 5.32 Å². The molecule has 0 aliphatic heterocycles. The SMILES string of the molecule is NCCNC(=O)C(N)c1ccc(O)cc1. The van der Waals surface area contributed by atoms with Crippen LogP contribution in [0.5, 0.6) is 5.75 Å². The molecule has 5 nitrogen and oxygen atoms in total. The van der Waals surface area contributed by atoms with Crippen LogP contribution in [0, 0.1) is 0 Å². The van der Waals surface area contributed by atoms with Crippen molar-refractivity contribution < 1.29 is 9.90 Å². The molecule has 0 radical (unpaired) electrons. The summed E-state index contributed by atoms with van der Waals surface area (Å²) in [7, 11) is 0. The predicted octanol–water partition coefficient (Wildman–Crippen LogP) is -0.533. The number of carbonyl (C=O) groups excluding carboxylic acids is 1. The Kier molecular flexibility index (Phi) is 4.08. The van der Waals surface area contributed by atoms with Crippen LogP contribution in [0.1, 0.15) is 11.6 Å². The molecule has 1 atom stereocenters. The summed E-state index contributed by atoms with van der Waals surface area (Å²) >= 11 is 0. The second-order valence-electron chi connectivity index (χ2n) is 3.15. The molecule has 15 heavy (non-hydrogen) atoms. The topological polar surface area (TPSA) is 101 Å². The van der Waals surface area contributed by atoms with Crippen molar-refractivity contribution in [3.63, 3.8) is 0 Å². The molecule has 82 valence electrons. The third kappa shape index (κ3) is 3.23. The van der Waals surface area contributed by atoms with Gasteiger partial charge in [0.2, 0.25) is 5.91 Å². The third-order valence-electron chi connectivity index (χ3n) is 1.98. The monoisotopic (exact) mass is 209 g/mol. The Bertz CT molecular complexity index is 324. The van der Waals surface area contributed by atoms with E-state index in [9.17, 15) is 4.79 Å². The summed E-state index contributed by atoms with van der Waals surface area (Å²) in [5.74, 6) is -0.126. The number of nitrogens with two attached hydrogens (primary N) is 2. The summed E-state index contributed by atoms with van der Waals surface area (Å²) in [6.45, 7) is 0.790. The number of rotatable bonds is 4. The van der Waals surface area contributed by atoms with E-state index in [0.717, 1.165) is 0 Å². The van der Waals surface area contributed by atoms with Crippen LogP contribution in [0.4, 0.5) is 0 Å². The molecule has 6 N–H and O–H groups in total. The number of hydrogen-bond acceptors (Lipinski definition) is 4. The summed E-state index contributed by atoms with van der Waals surface area (Å²) in [6.07, 6.45) is 0. The van der Waals surface area contributed by atoms with Crippen LogP contribution in [0.15, 0.2) is 24.3 Å². The van der Waals surface area contributed by atoms with Crippen LogP contribution in [-0.4, -0.2) is 24.1 Å². The molecule has 0 aliphatic carbocycles. The zero-order valence-electron chi connectivity index (χ0n) is 8.31. The number of phenolic OH excluding ortho intramolecular Hbond substituents is 1. The van der Waals surface area contributed by atoms with Gasteiger partial charge in [-0.15, -0.1) is 0 Å². The van der Waals surface area contributed by atoms with Crippen LogP contribution in [0.25, 0.3) is 0 Å². The minimum atomic E-state index is -0.725. The van der Waals surface area contributed by atoms with Crippen LogP contribution >= 0.6 is 0 Å². The molecule has 5 heteroatoms. The molecule has 1 amide bonds. The van der Waals surface area contributed by atoms with Crippen LogP contribution in [0.2, 0.25) is 0 Å². The van der Waals surface area contributed by atoms with Crippen LogP contribution in [-0.2, 0) is 4.79 Å². The largest absolute Gasteiger partial charge is 0.508 e. The van der Waals surface area contributed by atoms with Crippen LogP contribution in [0.3, 0.4) is 0 Å². The second kappa shape index (κ2) is 5.33. The Hall–Kier alpha value is -1.59. The molecule has 1 aromatic rings. The highest BCUT2D eigenvalue weighted by Gasteiger charge is 2.14. The van der Waals surface area contributed by atoms with Crippen molar-refractivity contribution in [2.75, 3.05) is 13.1 Å². The molecule has 0 fully saturated rings. The van der Waals surface area contributed by atoms with Crippen molar-refractivity contribution in [3.05, 3.63) is 29.8 Å². The average molecular weight is 209 g/mol. The first-order chi connectivity index (χ1) is 7.15. The van der Waals surface area contributed by atoms with E-state index in [-0.39, 0.29) is 11.7 Å². The highest BCUT2D eigenvalue weighted by molar-refractivity contribution is 5.82. The molecule has 0 aliphatic rings. The summed E-state index contributed by atoms with van der Waals surface area (Å²) in [5, 5.41) is 11.7. The maximum absolute atomic E-state index is 11.4. The Morgan fingerprint density at radius 2 is 2.00 bits per heavy atom. The summed E-state index contributed by atoms with van der Waals surface area (Å²) in [6, 6.07) is 5.48. The van der Waals surface area contributed by atoms with E-state index in [1.807, 2.05) is 0 Å². The Morgan fingerprint density at radius 1 is 1.40 bits per heavy atom. The smallest absolute Gasteiger partial charge is 0.241 e. The van der Waals surface area contributed by atoms with E-state index in [0.29, 0.717) is 18.7 Å². The Morgan fingerprint density at radius 3 is 2.53 bits per heavy atom. The zero-order valence-corrected chi connectivity index (χ0v) is 8.31. The molecule has 0 bridgehead atoms. The summed E-state index contributed by atoms with van der Waals surface area (Å²) in [4.78, 5) is 11.4. The quantitative estimate of drug-likeness (QED) is 0.535. The maximum atomic E-state index is 11.4. The lowest BCUT2D eigenvalue weighted by Crippen LogP contribution is -2.36. The zero-order chi connectivity index (χ0) is 11.3.